The van der Waals surface area contributed by atoms with E-state index in [1.54, 1.807) is 0 Å². The van der Waals surface area contributed by atoms with Gasteiger partial charge in [-0.1, -0.05) is 0 Å². The van der Waals surface area contributed by atoms with Crippen molar-refractivity contribution in [1.29, 1.82) is 0 Å². The molecule has 6 heteroatoms. The van der Waals surface area contributed by atoms with E-state index >= 15 is 0 Å². The summed E-state index contributed by atoms with van der Waals surface area (Å²) >= 11 is 0. The molecular weight excluding hydrogens is 233 g/mol. The number of nitrogens with zero attached hydrogens (tertiary/aromatic N) is 1. The molecule has 0 bridgehead atoms. The van der Waals surface area contributed by atoms with Crippen molar-refractivity contribution in [3.63, 3.8) is 0 Å². The highest BCUT2D eigenvalue weighted by Gasteiger charge is 2.37. The van der Waals surface area contributed by atoms with Gasteiger partial charge in [-0.25, -0.2) is 0 Å². The van der Waals surface area contributed by atoms with Crippen LogP contribution in [0.15, 0.2) is 18.5 Å². The first-order valence-corrected chi connectivity index (χ1v) is 5.34. The van der Waals surface area contributed by atoms with E-state index in [-0.39, 0.29) is 12.0 Å². The lowest BCUT2D eigenvalue weighted by Gasteiger charge is -2.23. The molecule has 1 atom stereocenters. The van der Waals surface area contributed by atoms with Gasteiger partial charge in [-0.05, 0) is 24.6 Å². The zero-order valence-corrected chi connectivity index (χ0v) is 9.09. The third kappa shape index (κ3) is 2.76. The Morgan fingerprint density at radius 2 is 2.24 bits per heavy atom. The molecule has 1 unspecified atom stereocenters. The molecule has 0 radical (unpaired) electrons. The highest BCUT2D eigenvalue weighted by atomic mass is 19.4. The van der Waals surface area contributed by atoms with E-state index in [1.165, 1.54) is 12.3 Å². The third-order valence-corrected chi connectivity index (χ3v) is 2.96. The quantitative estimate of drug-likeness (QED) is 0.828. The molecule has 1 fully saturated rings. The summed E-state index contributed by atoms with van der Waals surface area (Å²) < 4.78 is 38.1. The van der Waals surface area contributed by atoms with Gasteiger partial charge in [0.15, 0.2) is 0 Å². The van der Waals surface area contributed by atoms with E-state index in [0.717, 1.165) is 6.20 Å². The fourth-order valence-corrected chi connectivity index (χ4v) is 2.07. The Hall–Kier alpha value is -1.14. The van der Waals surface area contributed by atoms with Crippen LogP contribution in [0.25, 0.3) is 0 Å². The fourth-order valence-electron chi connectivity index (χ4n) is 2.07. The van der Waals surface area contributed by atoms with Crippen LogP contribution in [0.5, 0.6) is 0 Å². The van der Waals surface area contributed by atoms with Crippen LogP contribution in [-0.4, -0.2) is 28.8 Å². The molecule has 1 aliphatic heterocycles. The summed E-state index contributed by atoms with van der Waals surface area (Å²) in [4.78, 5) is 3.49. The second-order valence-electron chi connectivity index (χ2n) is 4.36. The molecule has 17 heavy (non-hydrogen) atoms. The van der Waals surface area contributed by atoms with Gasteiger partial charge >= 0.3 is 6.18 Å². The van der Waals surface area contributed by atoms with E-state index in [1.807, 2.05) is 0 Å². The number of hydrogen-bond acceptors (Lipinski definition) is 3. The number of aliphatic hydroxyl groups is 1. The van der Waals surface area contributed by atoms with Crippen molar-refractivity contribution in [1.82, 2.24) is 10.3 Å². The van der Waals surface area contributed by atoms with Gasteiger partial charge < -0.3 is 10.4 Å². The molecule has 2 heterocycles. The molecular formula is C11H13F3N2O. The second-order valence-corrected chi connectivity index (χ2v) is 4.36. The largest absolute Gasteiger partial charge is 0.418 e. The summed E-state index contributed by atoms with van der Waals surface area (Å²) in [6.45, 7) is 0.954. The Kier molecular flexibility index (Phi) is 3.09. The fraction of sp³-hybridized carbons (Fsp3) is 0.545. The van der Waals surface area contributed by atoms with Crippen LogP contribution >= 0.6 is 0 Å². The summed E-state index contributed by atoms with van der Waals surface area (Å²) in [6.07, 6.45) is -1.84. The number of nitrogens with one attached hydrogen (secondary N) is 1. The average molecular weight is 246 g/mol. The van der Waals surface area contributed by atoms with Gasteiger partial charge in [0.25, 0.3) is 0 Å². The predicted octanol–water partition coefficient (Wildman–Crippen LogP) is 1.37. The van der Waals surface area contributed by atoms with Crippen molar-refractivity contribution >= 4 is 0 Å². The van der Waals surface area contributed by atoms with Crippen LogP contribution in [0.3, 0.4) is 0 Å². The van der Waals surface area contributed by atoms with E-state index in [9.17, 15) is 18.3 Å². The summed E-state index contributed by atoms with van der Waals surface area (Å²) in [5, 5.41) is 13.0. The molecule has 94 valence electrons. The molecule has 0 saturated carbocycles. The normalized spacial score (nSPS) is 25.2. The minimum atomic E-state index is -4.42. The number of β-amino-alcohol motifs (C(OH)–C–C–N with tert-alkyl or cyclic N) is 1. The van der Waals surface area contributed by atoms with Gasteiger partial charge in [0.1, 0.15) is 0 Å². The SMILES string of the molecule is OC1(Cc2ccncc2C(F)(F)F)CCNC1. The maximum Gasteiger partial charge on any atom is 0.418 e. The first kappa shape index (κ1) is 12.3. The van der Waals surface area contributed by atoms with Crippen LogP contribution in [0.2, 0.25) is 0 Å². The molecule has 0 aliphatic carbocycles. The van der Waals surface area contributed by atoms with Gasteiger partial charge in [0, 0.05) is 25.4 Å². The highest BCUT2D eigenvalue weighted by Crippen LogP contribution is 2.33. The maximum atomic E-state index is 12.7. The monoisotopic (exact) mass is 246 g/mol. The second kappa shape index (κ2) is 4.27. The topological polar surface area (TPSA) is 45.2 Å². The molecule has 3 nitrogen and oxygen atoms in total. The van der Waals surface area contributed by atoms with Crippen molar-refractivity contribution in [3.05, 3.63) is 29.6 Å². The van der Waals surface area contributed by atoms with Crippen molar-refractivity contribution in [2.75, 3.05) is 13.1 Å². The summed E-state index contributed by atoms with van der Waals surface area (Å²) in [5.74, 6) is 0. The molecule has 1 aliphatic rings. The van der Waals surface area contributed by atoms with E-state index in [2.05, 4.69) is 10.3 Å². The lowest BCUT2D eigenvalue weighted by atomic mass is 9.92. The van der Waals surface area contributed by atoms with Gasteiger partial charge in [0.2, 0.25) is 0 Å². The Balaban J connectivity index is 2.26. The number of pyridine rings is 1. The number of hydrogen-bond donors (Lipinski definition) is 2. The number of aromatic nitrogens is 1. The molecule has 2 N–H and O–H groups in total. The van der Waals surface area contributed by atoms with Crippen LogP contribution < -0.4 is 5.32 Å². The van der Waals surface area contributed by atoms with Gasteiger partial charge in [-0.3, -0.25) is 4.98 Å². The Morgan fingerprint density at radius 3 is 2.82 bits per heavy atom. The molecule has 1 saturated heterocycles. The van der Waals surface area contributed by atoms with Crippen LogP contribution in [-0.2, 0) is 12.6 Å². The van der Waals surface area contributed by atoms with Crippen LogP contribution in [0, 0.1) is 0 Å². The van der Waals surface area contributed by atoms with E-state index < -0.39 is 17.3 Å². The molecule has 2 rings (SSSR count). The average Bonchev–Trinajstić information content (AvgIpc) is 2.64. The molecule has 1 aromatic heterocycles. The summed E-state index contributed by atoms with van der Waals surface area (Å²) in [5.41, 5.74) is -1.75. The third-order valence-electron chi connectivity index (χ3n) is 2.96. The molecule has 0 amide bonds. The Labute approximate surface area is 96.7 Å². The first-order valence-electron chi connectivity index (χ1n) is 5.34. The lowest BCUT2D eigenvalue weighted by Crippen LogP contribution is -2.34. The van der Waals surface area contributed by atoms with Crippen LogP contribution in [0.1, 0.15) is 17.5 Å². The number of halogens is 3. The Bertz CT molecular complexity index is 400. The van der Waals surface area contributed by atoms with Gasteiger partial charge in [-0.2, -0.15) is 13.2 Å². The lowest BCUT2D eigenvalue weighted by molar-refractivity contribution is -0.138. The van der Waals surface area contributed by atoms with Crippen molar-refractivity contribution in [2.45, 2.75) is 24.6 Å². The maximum absolute atomic E-state index is 12.7. The smallest absolute Gasteiger partial charge is 0.388 e. The van der Waals surface area contributed by atoms with Gasteiger partial charge in [0.05, 0.1) is 11.2 Å². The zero-order chi connectivity index (χ0) is 12.5. The zero-order valence-electron chi connectivity index (χ0n) is 9.09. The first-order chi connectivity index (χ1) is 7.91. The van der Waals surface area contributed by atoms with Crippen molar-refractivity contribution in [3.8, 4) is 0 Å². The minimum Gasteiger partial charge on any atom is -0.388 e. The molecule has 0 aromatic carbocycles. The van der Waals surface area contributed by atoms with E-state index in [0.29, 0.717) is 19.5 Å². The standard InChI is InChI=1S/C11H13F3N2O/c12-11(13,14)9-6-15-3-1-8(9)5-10(17)2-4-16-7-10/h1,3,6,16-17H,2,4-5,7H2. The predicted molar refractivity (Wildman–Crippen MR) is 55.4 cm³/mol. The number of alkyl halides is 3. The highest BCUT2D eigenvalue weighted by molar-refractivity contribution is 5.28. The van der Waals surface area contributed by atoms with Crippen molar-refractivity contribution in [2.24, 2.45) is 0 Å². The minimum absolute atomic E-state index is 0.00262. The Morgan fingerprint density at radius 1 is 1.47 bits per heavy atom. The number of rotatable bonds is 2. The molecule has 1 aromatic rings. The van der Waals surface area contributed by atoms with E-state index in [4.69, 9.17) is 0 Å². The summed E-state index contributed by atoms with van der Waals surface area (Å²) in [6, 6.07) is 1.32. The van der Waals surface area contributed by atoms with Crippen LogP contribution in [0.4, 0.5) is 13.2 Å². The summed E-state index contributed by atoms with van der Waals surface area (Å²) in [7, 11) is 0. The van der Waals surface area contributed by atoms with Crippen molar-refractivity contribution < 1.29 is 18.3 Å². The van der Waals surface area contributed by atoms with Gasteiger partial charge in [-0.15, -0.1) is 0 Å². The molecule has 0 spiro atoms.